The molecule has 1 aromatic rings. The van der Waals surface area contributed by atoms with Gasteiger partial charge in [-0.05, 0) is 44.3 Å². The molecule has 0 unspecified atom stereocenters. The van der Waals surface area contributed by atoms with Crippen LogP contribution < -0.4 is 5.32 Å². The van der Waals surface area contributed by atoms with Crippen LogP contribution in [0.15, 0.2) is 24.5 Å². The molecule has 1 rings (SSSR count). The zero-order chi connectivity index (χ0) is 14.6. The van der Waals surface area contributed by atoms with Gasteiger partial charge in [-0.25, -0.2) is 0 Å². The quantitative estimate of drug-likeness (QED) is 0.621. The van der Waals surface area contributed by atoms with Crippen LogP contribution in [-0.4, -0.2) is 67.6 Å². The molecule has 0 aromatic carbocycles. The lowest BCUT2D eigenvalue weighted by Crippen LogP contribution is -2.36. The lowest BCUT2D eigenvalue weighted by atomic mass is 10.2. The number of nitrogens with one attached hydrogen (secondary N) is 1. The summed E-state index contributed by atoms with van der Waals surface area (Å²) in [5.74, 6) is 0. The fourth-order valence-electron chi connectivity index (χ4n) is 2.15. The van der Waals surface area contributed by atoms with Crippen molar-refractivity contribution in [1.82, 2.24) is 20.1 Å². The molecule has 114 valence electrons. The van der Waals surface area contributed by atoms with Crippen LogP contribution >= 0.6 is 0 Å². The van der Waals surface area contributed by atoms with Gasteiger partial charge in [0, 0.05) is 45.1 Å². The number of aromatic nitrogens is 1. The number of nitrogens with zero attached hydrogens (tertiary/aromatic N) is 3. The molecule has 4 heteroatoms. The Hall–Kier alpha value is -0.970. The van der Waals surface area contributed by atoms with E-state index in [1.807, 2.05) is 12.4 Å². The molecule has 0 fully saturated rings. The Morgan fingerprint density at radius 3 is 2.30 bits per heavy atom. The fraction of sp³-hybridized carbons (Fsp3) is 0.688. The monoisotopic (exact) mass is 278 g/mol. The van der Waals surface area contributed by atoms with Crippen LogP contribution in [0.5, 0.6) is 0 Å². The van der Waals surface area contributed by atoms with E-state index in [0.717, 1.165) is 52.2 Å². The van der Waals surface area contributed by atoms with Crippen molar-refractivity contribution in [3.63, 3.8) is 0 Å². The molecule has 0 bridgehead atoms. The van der Waals surface area contributed by atoms with Crippen molar-refractivity contribution in [2.75, 3.05) is 52.9 Å². The predicted octanol–water partition coefficient (Wildman–Crippen LogP) is 1.49. The Kier molecular flexibility index (Phi) is 9.20. The first-order valence-corrected chi connectivity index (χ1v) is 7.76. The van der Waals surface area contributed by atoms with E-state index in [9.17, 15) is 0 Å². The van der Waals surface area contributed by atoms with E-state index in [1.54, 1.807) is 0 Å². The Bertz CT molecular complexity index is 325. The van der Waals surface area contributed by atoms with Crippen molar-refractivity contribution < 1.29 is 0 Å². The van der Waals surface area contributed by atoms with Gasteiger partial charge in [-0.15, -0.1) is 0 Å². The number of pyridine rings is 1. The van der Waals surface area contributed by atoms with Crippen LogP contribution in [0.1, 0.15) is 19.4 Å². The van der Waals surface area contributed by atoms with Gasteiger partial charge < -0.3 is 15.1 Å². The van der Waals surface area contributed by atoms with Gasteiger partial charge in [0.2, 0.25) is 0 Å². The van der Waals surface area contributed by atoms with Crippen molar-refractivity contribution in [2.24, 2.45) is 0 Å². The maximum Gasteiger partial charge on any atom is 0.0270 e. The first-order chi connectivity index (χ1) is 9.76. The van der Waals surface area contributed by atoms with Crippen LogP contribution in [0.2, 0.25) is 0 Å². The summed E-state index contributed by atoms with van der Waals surface area (Å²) in [4.78, 5) is 8.87. The van der Waals surface area contributed by atoms with Crippen molar-refractivity contribution in [3.8, 4) is 0 Å². The molecule has 0 aliphatic heterocycles. The summed E-state index contributed by atoms with van der Waals surface area (Å²) >= 11 is 0. The molecule has 1 N–H and O–H groups in total. The molecule has 4 nitrogen and oxygen atoms in total. The van der Waals surface area contributed by atoms with E-state index in [1.165, 1.54) is 5.56 Å². The standard InChI is InChI=1S/C16H30N4/c1-4-20(5-2)15-12-18-11-14-19(3)13-8-16-6-9-17-10-7-16/h6-7,9-10,18H,4-5,8,11-15H2,1-3H3. The molecule has 0 aliphatic carbocycles. The van der Waals surface area contributed by atoms with Gasteiger partial charge >= 0.3 is 0 Å². The average molecular weight is 278 g/mol. The van der Waals surface area contributed by atoms with Gasteiger partial charge in [0.1, 0.15) is 0 Å². The summed E-state index contributed by atoms with van der Waals surface area (Å²) < 4.78 is 0. The highest BCUT2D eigenvalue weighted by molar-refractivity contribution is 5.09. The number of likely N-dealkylation sites (N-methyl/N-ethyl adjacent to an activating group) is 2. The van der Waals surface area contributed by atoms with Crippen LogP contribution in [0.25, 0.3) is 0 Å². The average Bonchev–Trinajstić information content (AvgIpc) is 2.50. The van der Waals surface area contributed by atoms with Crippen LogP contribution in [0, 0.1) is 0 Å². The van der Waals surface area contributed by atoms with Crippen LogP contribution in [0.4, 0.5) is 0 Å². The first-order valence-electron chi connectivity index (χ1n) is 7.76. The zero-order valence-corrected chi connectivity index (χ0v) is 13.3. The normalized spacial score (nSPS) is 11.4. The van der Waals surface area contributed by atoms with E-state index in [4.69, 9.17) is 0 Å². The Balaban J connectivity index is 2.01. The summed E-state index contributed by atoms with van der Waals surface area (Å²) in [7, 11) is 2.19. The summed E-state index contributed by atoms with van der Waals surface area (Å²) in [6.45, 7) is 12.2. The van der Waals surface area contributed by atoms with Crippen molar-refractivity contribution in [3.05, 3.63) is 30.1 Å². The second-order valence-electron chi connectivity index (χ2n) is 5.19. The van der Waals surface area contributed by atoms with E-state index in [0.29, 0.717) is 0 Å². The van der Waals surface area contributed by atoms with E-state index in [-0.39, 0.29) is 0 Å². The molecule has 0 saturated heterocycles. The van der Waals surface area contributed by atoms with Gasteiger partial charge in [-0.1, -0.05) is 13.8 Å². The fourth-order valence-corrected chi connectivity index (χ4v) is 2.15. The lowest BCUT2D eigenvalue weighted by molar-refractivity contribution is 0.293. The highest BCUT2D eigenvalue weighted by Gasteiger charge is 2.00. The maximum atomic E-state index is 4.04. The van der Waals surface area contributed by atoms with Gasteiger partial charge in [0.05, 0.1) is 0 Å². The van der Waals surface area contributed by atoms with Crippen molar-refractivity contribution >= 4 is 0 Å². The van der Waals surface area contributed by atoms with Crippen molar-refractivity contribution in [2.45, 2.75) is 20.3 Å². The summed E-state index contributed by atoms with van der Waals surface area (Å²) in [5.41, 5.74) is 1.36. The van der Waals surface area contributed by atoms with Crippen LogP contribution in [0.3, 0.4) is 0 Å². The maximum absolute atomic E-state index is 4.04. The molecule has 1 heterocycles. The smallest absolute Gasteiger partial charge is 0.0270 e. The van der Waals surface area contributed by atoms with Gasteiger partial charge in [0.15, 0.2) is 0 Å². The minimum absolute atomic E-state index is 1.06. The largest absolute Gasteiger partial charge is 0.314 e. The lowest BCUT2D eigenvalue weighted by Gasteiger charge is -2.20. The van der Waals surface area contributed by atoms with E-state index >= 15 is 0 Å². The molecule has 0 spiro atoms. The van der Waals surface area contributed by atoms with Crippen molar-refractivity contribution in [1.29, 1.82) is 0 Å². The third-order valence-electron chi connectivity index (χ3n) is 3.70. The topological polar surface area (TPSA) is 31.4 Å². The molecule has 0 saturated carbocycles. The van der Waals surface area contributed by atoms with Crippen LogP contribution in [-0.2, 0) is 6.42 Å². The molecule has 0 aliphatic rings. The SMILES string of the molecule is CCN(CC)CCNCCN(C)CCc1ccncc1. The summed E-state index contributed by atoms with van der Waals surface area (Å²) in [6.07, 6.45) is 4.83. The molecular formula is C16H30N4. The van der Waals surface area contributed by atoms with E-state index < -0.39 is 0 Å². The van der Waals surface area contributed by atoms with Gasteiger partial charge in [0.25, 0.3) is 0 Å². The summed E-state index contributed by atoms with van der Waals surface area (Å²) in [6, 6.07) is 4.19. The zero-order valence-electron chi connectivity index (χ0n) is 13.3. The number of rotatable bonds is 11. The third-order valence-corrected chi connectivity index (χ3v) is 3.70. The Labute approximate surface area is 124 Å². The summed E-state index contributed by atoms with van der Waals surface area (Å²) in [5, 5.41) is 3.52. The Morgan fingerprint density at radius 1 is 1.00 bits per heavy atom. The molecule has 1 aromatic heterocycles. The predicted molar refractivity (Wildman–Crippen MR) is 86.1 cm³/mol. The molecule has 0 atom stereocenters. The highest BCUT2D eigenvalue weighted by Crippen LogP contribution is 1.98. The van der Waals surface area contributed by atoms with Gasteiger partial charge in [-0.3, -0.25) is 4.98 Å². The molecule has 0 radical (unpaired) electrons. The Morgan fingerprint density at radius 2 is 1.65 bits per heavy atom. The van der Waals surface area contributed by atoms with E-state index in [2.05, 4.69) is 53.1 Å². The molecular weight excluding hydrogens is 248 g/mol. The second kappa shape index (κ2) is 10.8. The first kappa shape index (κ1) is 17.1. The third kappa shape index (κ3) is 7.58. The highest BCUT2D eigenvalue weighted by atomic mass is 15.1. The minimum Gasteiger partial charge on any atom is -0.314 e. The molecule has 20 heavy (non-hydrogen) atoms. The molecule has 0 amide bonds. The van der Waals surface area contributed by atoms with Gasteiger partial charge in [-0.2, -0.15) is 0 Å². The minimum atomic E-state index is 1.06. The number of hydrogen-bond acceptors (Lipinski definition) is 4. The second-order valence-corrected chi connectivity index (χ2v) is 5.19. The number of hydrogen-bond donors (Lipinski definition) is 1.